The van der Waals surface area contributed by atoms with Gasteiger partial charge in [-0.3, -0.25) is 14.6 Å². The molecule has 0 aliphatic carbocycles. The fourth-order valence-corrected chi connectivity index (χ4v) is 1.77. The maximum absolute atomic E-state index is 12.3. The van der Waals surface area contributed by atoms with Crippen LogP contribution in [0, 0.1) is 6.92 Å². The Morgan fingerprint density at radius 2 is 2.00 bits per heavy atom. The lowest BCUT2D eigenvalue weighted by molar-refractivity contribution is -0.129. The highest BCUT2D eigenvalue weighted by Gasteiger charge is 2.20. The van der Waals surface area contributed by atoms with Gasteiger partial charge in [0, 0.05) is 32.5 Å². The van der Waals surface area contributed by atoms with Gasteiger partial charge >= 0.3 is 0 Å². The third kappa shape index (κ3) is 3.92. The summed E-state index contributed by atoms with van der Waals surface area (Å²) in [6.45, 7) is 4.08. The third-order valence-corrected chi connectivity index (χ3v) is 3.03. The highest BCUT2D eigenvalue weighted by Crippen LogP contribution is 2.17. The average Bonchev–Trinajstić information content (AvgIpc) is 2.34. The highest BCUT2D eigenvalue weighted by atomic mass is 35.5. The minimum absolute atomic E-state index is 0.0343. The molecule has 0 unspecified atom stereocenters. The summed E-state index contributed by atoms with van der Waals surface area (Å²) in [5.41, 5.74) is 1.06. The van der Waals surface area contributed by atoms with Crippen molar-refractivity contribution < 1.29 is 9.59 Å². The van der Waals surface area contributed by atoms with E-state index < -0.39 is 0 Å². The molecule has 19 heavy (non-hydrogen) atoms. The van der Waals surface area contributed by atoms with Crippen LogP contribution in [0.3, 0.4) is 0 Å². The summed E-state index contributed by atoms with van der Waals surface area (Å²) in [6.07, 6.45) is 1.45. The number of aromatic nitrogens is 1. The normalized spacial score (nSPS) is 10.2. The molecule has 0 N–H and O–H groups in total. The molecule has 1 heterocycles. The fourth-order valence-electron chi connectivity index (χ4n) is 1.49. The number of aryl methyl sites for hydroxylation is 1. The topological polar surface area (TPSA) is 53.5 Å². The van der Waals surface area contributed by atoms with E-state index in [9.17, 15) is 9.59 Å². The zero-order valence-corrected chi connectivity index (χ0v) is 12.4. The minimum Gasteiger partial charge on any atom is -0.347 e. The van der Waals surface area contributed by atoms with E-state index in [1.807, 2.05) is 6.92 Å². The summed E-state index contributed by atoms with van der Waals surface area (Å²) in [6, 6.07) is 1.64. The van der Waals surface area contributed by atoms with Gasteiger partial charge in [-0.05, 0) is 19.9 Å². The zero-order valence-electron chi connectivity index (χ0n) is 11.6. The Labute approximate surface area is 118 Å². The van der Waals surface area contributed by atoms with E-state index in [-0.39, 0.29) is 18.4 Å². The predicted molar refractivity (Wildman–Crippen MR) is 74.3 cm³/mol. The molecule has 1 aromatic rings. The number of hydrogen-bond acceptors (Lipinski definition) is 3. The number of rotatable bonds is 4. The predicted octanol–water partition coefficient (Wildman–Crippen LogP) is 1.59. The SMILES string of the molecule is CCN(CC(=O)N(C)C)C(=O)c1cnc(C)cc1Cl. The summed E-state index contributed by atoms with van der Waals surface area (Å²) in [7, 11) is 3.31. The number of carbonyl (C=O) groups is 2. The number of pyridine rings is 1. The first-order valence-electron chi connectivity index (χ1n) is 5.98. The Balaban J connectivity index is 2.92. The van der Waals surface area contributed by atoms with E-state index in [1.165, 1.54) is 16.0 Å². The van der Waals surface area contributed by atoms with Gasteiger partial charge in [-0.2, -0.15) is 0 Å². The van der Waals surface area contributed by atoms with Crippen LogP contribution in [0.25, 0.3) is 0 Å². The van der Waals surface area contributed by atoms with Crippen molar-refractivity contribution in [2.75, 3.05) is 27.2 Å². The first kappa shape index (κ1) is 15.4. The molecule has 5 nitrogen and oxygen atoms in total. The van der Waals surface area contributed by atoms with Gasteiger partial charge in [-0.1, -0.05) is 11.6 Å². The second-order valence-electron chi connectivity index (χ2n) is 4.41. The van der Waals surface area contributed by atoms with Crippen LogP contribution in [0.4, 0.5) is 0 Å². The Morgan fingerprint density at radius 3 is 2.47 bits per heavy atom. The number of halogens is 1. The molecule has 0 spiro atoms. The van der Waals surface area contributed by atoms with Gasteiger partial charge in [-0.15, -0.1) is 0 Å². The molecule has 1 rings (SSSR count). The molecular formula is C13H18ClN3O2. The third-order valence-electron chi connectivity index (χ3n) is 2.71. The van der Waals surface area contributed by atoms with Crippen molar-refractivity contribution in [1.82, 2.24) is 14.8 Å². The molecule has 2 amide bonds. The van der Waals surface area contributed by atoms with Crippen LogP contribution >= 0.6 is 11.6 Å². The maximum atomic E-state index is 12.3. The zero-order chi connectivity index (χ0) is 14.6. The molecule has 0 bridgehead atoms. The number of nitrogens with zero attached hydrogens (tertiary/aromatic N) is 3. The quantitative estimate of drug-likeness (QED) is 0.843. The lowest BCUT2D eigenvalue weighted by Crippen LogP contribution is -2.40. The summed E-state index contributed by atoms with van der Waals surface area (Å²) in [5.74, 6) is -0.415. The first-order chi connectivity index (χ1) is 8.86. The van der Waals surface area contributed by atoms with Gasteiger partial charge in [-0.25, -0.2) is 0 Å². The van der Waals surface area contributed by atoms with Gasteiger partial charge < -0.3 is 9.80 Å². The standard InChI is InChI=1S/C13H18ClN3O2/c1-5-17(8-12(18)16(3)4)13(19)10-7-15-9(2)6-11(10)14/h6-7H,5,8H2,1-4H3. The van der Waals surface area contributed by atoms with Crippen LogP contribution in [0.1, 0.15) is 23.0 Å². The lowest BCUT2D eigenvalue weighted by atomic mass is 10.2. The molecule has 0 aliphatic heterocycles. The molecule has 0 saturated heterocycles. The largest absolute Gasteiger partial charge is 0.347 e. The molecule has 6 heteroatoms. The van der Waals surface area contributed by atoms with Crippen molar-refractivity contribution >= 4 is 23.4 Å². The minimum atomic E-state index is -0.282. The van der Waals surface area contributed by atoms with Gasteiger partial charge in [0.1, 0.15) is 0 Å². The number of hydrogen-bond donors (Lipinski definition) is 0. The highest BCUT2D eigenvalue weighted by molar-refractivity contribution is 6.33. The van der Waals surface area contributed by atoms with Gasteiger partial charge in [0.15, 0.2) is 0 Å². The molecule has 0 fully saturated rings. The van der Waals surface area contributed by atoms with E-state index in [1.54, 1.807) is 27.1 Å². The van der Waals surface area contributed by atoms with E-state index in [2.05, 4.69) is 4.98 Å². The maximum Gasteiger partial charge on any atom is 0.257 e. The second kappa shape index (κ2) is 6.52. The molecule has 0 atom stereocenters. The van der Waals surface area contributed by atoms with Crippen molar-refractivity contribution in [3.8, 4) is 0 Å². The van der Waals surface area contributed by atoms with Gasteiger partial charge in [0.25, 0.3) is 5.91 Å². The van der Waals surface area contributed by atoms with Crippen LogP contribution in [-0.2, 0) is 4.79 Å². The number of likely N-dealkylation sites (N-methyl/N-ethyl adjacent to an activating group) is 2. The van der Waals surface area contributed by atoms with E-state index in [0.29, 0.717) is 17.1 Å². The smallest absolute Gasteiger partial charge is 0.257 e. The van der Waals surface area contributed by atoms with Gasteiger partial charge in [0.05, 0.1) is 17.1 Å². The summed E-state index contributed by atoms with van der Waals surface area (Å²) in [5, 5.41) is 0.355. The van der Waals surface area contributed by atoms with E-state index in [0.717, 1.165) is 5.69 Å². The monoisotopic (exact) mass is 283 g/mol. The Kier molecular flexibility index (Phi) is 5.30. The lowest BCUT2D eigenvalue weighted by Gasteiger charge is -2.22. The summed E-state index contributed by atoms with van der Waals surface area (Å²) in [4.78, 5) is 30.9. The molecule has 0 aliphatic rings. The Morgan fingerprint density at radius 1 is 1.37 bits per heavy atom. The van der Waals surface area contributed by atoms with Crippen molar-refractivity contribution in [2.24, 2.45) is 0 Å². The first-order valence-corrected chi connectivity index (χ1v) is 6.36. The summed E-state index contributed by atoms with van der Waals surface area (Å²) >= 11 is 6.04. The average molecular weight is 284 g/mol. The van der Waals surface area contributed by atoms with Crippen LogP contribution < -0.4 is 0 Å². The van der Waals surface area contributed by atoms with E-state index >= 15 is 0 Å². The van der Waals surface area contributed by atoms with Crippen LogP contribution in [0.5, 0.6) is 0 Å². The molecule has 0 saturated carbocycles. The van der Waals surface area contributed by atoms with Crippen molar-refractivity contribution in [3.63, 3.8) is 0 Å². The molecule has 0 radical (unpaired) electrons. The summed E-state index contributed by atoms with van der Waals surface area (Å²) < 4.78 is 0. The second-order valence-corrected chi connectivity index (χ2v) is 4.82. The van der Waals surface area contributed by atoms with Crippen molar-refractivity contribution in [1.29, 1.82) is 0 Å². The van der Waals surface area contributed by atoms with Crippen LogP contribution in [0.2, 0.25) is 5.02 Å². The Bertz CT molecular complexity index is 489. The van der Waals surface area contributed by atoms with Crippen molar-refractivity contribution in [3.05, 3.63) is 28.5 Å². The fraction of sp³-hybridized carbons (Fsp3) is 0.462. The molecule has 1 aromatic heterocycles. The molecule has 0 aromatic carbocycles. The Hall–Kier alpha value is -1.62. The molecular weight excluding hydrogens is 266 g/mol. The number of amides is 2. The van der Waals surface area contributed by atoms with Crippen LogP contribution in [0.15, 0.2) is 12.3 Å². The number of carbonyl (C=O) groups excluding carboxylic acids is 2. The van der Waals surface area contributed by atoms with E-state index in [4.69, 9.17) is 11.6 Å². The molecule has 104 valence electrons. The van der Waals surface area contributed by atoms with Crippen molar-refractivity contribution in [2.45, 2.75) is 13.8 Å². The van der Waals surface area contributed by atoms with Crippen LogP contribution in [-0.4, -0.2) is 53.8 Å². The van der Waals surface area contributed by atoms with Gasteiger partial charge in [0.2, 0.25) is 5.91 Å².